The van der Waals surface area contributed by atoms with Gasteiger partial charge in [0.1, 0.15) is 12.4 Å². The summed E-state index contributed by atoms with van der Waals surface area (Å²) in [4.78, 5) is 0. The van der Waals surface area contributed by atoms with E-state index in [1.807, 2.05) is 6.92 Å². The lowest BCUT2D eigenvalue weighted by molar-refractivity contribution is -0.546. The fraction of sp³-hybridized carbons (Fsp3) is 0.594. The van der Waals surface area contributed by atoms with Crippen LogP contribution in [0, 0.1) is 5.82 Å². The minimum Gasteiger partial charge on any atom is -0.490 e. The monoisotopic (exact) mass is 530 g/mol. The molecular formula is C32H46ClFNO2+. The van der Waals surface area contributed by atoms with Gasteiger partial charge in [-0.25, -0.2) is 8.97 Å². The first-order valence-corrected chi connectivity index (χ1v) is 14.9. The van der Waals surface area contributed by atoms with Crippen LogP contribution >= 0.6 is 11.6 Å². The highest BCUT2D eigenvalue weighted by Crippen LogP contribution is 2.37. The predicted octanol–water partition coefficient (Wildman–Crippen LogP) is 9.15. The Hall–Kier alpha value is -2.07. The van der Waals surface area contributed by atoms with E-state index in [-0.39, 0.29) is 5.82 Å². The molecule has 0 unspecified atom stereocenters. The maximum atomic E-state index is 14.7. The minimum atomic E-state index is -0.238. The Morgan fingerprint density at radius 3 is 2.32 bits per heavy atom. The van der Waals surface area contributed by atoms with Crippen molar-refractivity contribution in [3.8, 4) is 11.5 Å². The zero-order valence-corrected chi connectivity index (χ0v) is 24.0. The number of halogens is 2. The van der Waals surface area contributed by atoms with Crippen molar-refractivity contribution >= 4 is 17.3 Å². The van der Waals surface area contributed by atoms with Gasteiger partial charge in [-0.1, -0.05) is 82.9 Å². The standard InChI is InChI=1S/C32H46ClFNO2/c1-4-7-9-11-12-14-23-37-32-26-21-22-35(24-27-28(33)16-15-17-29(27)34)30(18-13-10-8-5-2)25(26)19-20-31(32)36-6-3/h15-17,19-20H,4-14,18,21-24H2,1-3H3/q+1. The maximum Gasteiger partial charge on any atom is 0.184 e. The quantitative estimate of drug-likeness (QED) is 0.150. The average Bonchev–Trinajstić information content (AvgIpc) is 2.89. The fourth-order valence-corrected chi connectivity index (χ4v) is 5.44. The summed E-state index contributed by atoms with van der Waals surface area (Å²) >= 11 is 6.42. The molecule has 0 fully saturated rings. The maximum absolute atomic E-state index is 14.7. The summed E-state index contributed by atoms with van der Waals surface area (Å²) in [6.45, 7) is 9.11. The highest BCUT2D eigenvalue weighted by atomic mass is 35.5. The van der Waals surface area contributed by atoms with Crippen molar-refractivity contribution in [3.05, 3.63) is 57.9 Å². The van der Waals surface area contributed by atoms with Gasteiger partial charge >= 0.3 is 0 Å². The Morgan fingerprint density at radius 2 is 1.59 bits per heavy atom. The van der Waals surface area contributed by atoms with Gasteiger partial charge in [0, 0.05) is 24.0 Å². The zero-order valence-electron chi connectivity index (χ0n) is 23.2. The van der Waals surface area contributed by atoms with Crippen molar-refractivity contribution in [3.63, 3.8) is 0 Å². The molecule has 0 saturated heterocycles. The summed E-state index contributed by atoms with van der Waals surface area (Å²) in [6, 6.07) is 9.20. The molecule has 0 aromatic heterocycles. The van der Waals surface area contributed by atoms with Crippen LogP contribution in [0.3, 0.4) is 0 Å². The molecule has 2 aromatic carbocycles. The van der Waals surface area contributed by atoms with Crippen LogP contribution in [0.1, 0.15) is 108 Å². The lowest BCUT2D eigenvalue weighted by Crippen LogP contribution is -2.31. The van der Waals surface area contributed by atoms with E-state index in [0.29, 0.717) is 30.3 Å². The van der Waals surface area contributed by atoms with E-state index in [2.05, 4.69) is 30.6 Å². The molecule has 3 nitrogen and oxygen atoms in total. The smallest absolute Gasteiger partial charge is 0.184 e. The van der Waals surface area contributed by atoms with Crippen LogP contribution in [-0.2, 0) is 13.0 Å². The van der Waals surface area contributed by atoms with Crippen LogP contribution in [0.25, 0.3) is 0 Å². The number of hydrogen-bond donors (Lipinski definition) is 0. The summed E-state index contributed by atoms with van der Waals surface area (Å²) < 4.78 is 29.5. The van der Waals surface area contributed by atoms with E-state index in [1.54, 1.807) is 12.1 Å². The molecule has 0 bridgehead atoms. The van der Waals surface area contributed by atoms with E-state index in [1.165, 1.54) is 74.3 Å². The summed E-state index contributed by atoms with van der Waals surface area (Å²) in [5.74, 6) is 1.50. The molecule has 3 rings (SSSR count). The zero-order chi connectivity index (χ0) is 26.5. The number of unbranched alkanes of at least 4 members (excludes halogenated alkanes) is 8. The molecule has 5 heteroatoms. The van der Waals surface area contributed by atoms with Gasteiger partial charge < -0.3 is 9.47 Å². The number of nitrogens with zero attached hydrogens (tertiary/aromatic N) is 1. The number of rotatable bonds is 17. The van der Waals surface area contributed by atoms with E-state index in [0.717, 1.165) is 43.7 Å². The topological polar surface area (TPSA) is 21.5 Å². The summed E-state index contributed by atoms with van der Waals surface area (Å²) in [6.07, 6.45) is 14.0. The second-order valence-electron chi connectivity index (χ2n) is 10.1. The van der Waals surface area contributed by atoms with Crippen LogP contribution in [0.15, 0.2) is 30.3 Å². The Morgan fingerprint density at radius 1 is 0.865 bits per heavy atom. The van der Waals surface area contributed by atoms with Gasteiger partial charge in [0.2, 0.25) is 0 Å². The normalized spacial score (nSPS) is 13.1. The van der Waals surface area contributed by atoms with Crippen molar-refractivity contribution in [1.82, 2.24) is 0 Å². The molecule has 2 aromatic rings. The number of benzene rings is 2. The molecule has 1 aliphatic heterocycles. The lowest BCUT2D eigenvalue weighted by atomic mass is 9.92. The van der Waals surface area contributed by atoms with Gasteiger partial charge in [0.05, 0.1) is 23.8 Å². The van der Waals surface area contributed by atoms with Crippen molar-refractivity contribution in [2.75, 3.05) is 19.8 Å². The van der Waals surface area contributed by atoms with E-state index in [4.69, 9.17) is 21.1 Å². The van der Waals surface area contributed by atoms with E-state index >= 15 is 0 Å². The van der Waals surface area contributed by atoms with Gasteiger partial charge in [0.25, 0.3) is 0 Å². The molecule has 0 N–H and O–H groups in total. The number of ether oxygens (including phenoxy) is 2. The molecule has 204 valence electrons. The van der Waals surface area contributed by atoms with Crippen molar-refractivity contribution in [1.29, 1.82) is 0 Å². The third-order valence-electron chi connectivity index (χ3n) is 7.27. The largest absolute Gasteiger partial charge is 0.490 e. The van der Waals surface area contributed by atoms with Crippen molar-refractivity contribution in [2.24, 2.45) is 0 Å². The third kappa shape index (κ3) is 8.46. The van der Waals surface area contributed by atoms with Crippen molar-refractivity contribution < 1.29 is 18.4 Å². The van der Waals surface area contributed by atoms with Gasteiger partial charge in [-0.2, -0.15) is 0 Å². The highest BCUT2D eigenvalue weighted by Gasteiger charge is 2.30. The molecule has 0 aliphatic carbocycles. The molecule has 0 radical (unpaired) electrons. The second-order valence-corrected chi connectivity index (χ2v) is 10.5. The summed E-state index contributed by atoms with van der Waals surface area (Å²) in [5, 5.41) is 0.491. The Labute approximate surface area is 229 Å². The molecule has 0 amide bonds. The summed E-state index contributed by atoms with van der Waals surface area (Å²) in [7, 11) is 0. The van der Waals surface area contributed by atoms with Crippen LogP contribution in [0.4, 0.5) is 4.39 Å². The summed E-state index contributed by atoms with van der Waals surface area (Å²) in [5.41, 5.74) is 4.29. The third-order valence-corrected chi connectivity index (χ3v) is 7.62. The Kier molecular flexibility index (Phi) is 12.8. The lowest BCUT2D eigenvalue weighted by Gasteiger charge is -2.23. The molecule has 0 saturated carbocycles. The van der Waals surface area contributed by atoms with Crippen LogP contribution in [0.5, 0.6) is 11.5 Å². The molecule has 0 spiro atoms. The average molecular weight is 531 g/mol. The van der Waals surface area contributed by atoms with Gasteiger partial charge in [-0.15, -0.1) is 0 Å². The van der Waals surface area contributed by atoms with Gasteiger partial charge in [0.15, 0.2) is 23.8 Å². The molecule has 1 heterocycles. The van der Waals surface area contributed by atoms with E-state index in [9.17, 15) is 4.39 Å². The minimum absolute atomic E-state index is 0.238. The van der Waals surface area contributed by atoms with Gasteiger partial charge in [-0.05, 0) is 44.0 Å². The second kappa shape index (κ2) is 16.0. The fourth-order valence-electron chi connectivity index (χ4n) is 5.22. The Balaban J connectivity index is 1.89. The number of hydrogen-bond acceptors (Lipinski definition) is 2. The van der Waals surface area contributed by atoms with Crippen LogP contribution < -0.4 is 9.47 Å². The first kappa shape index (κ1) is 29.5. The Bertz CT molecular complexity index is 1000. The molecular weight excluding hydrogens is 485 g/mol. The number of fused-ring (bicyclic) bond motifs is 1. The SMILES string of the molecule is CCCCCCCCOc1c(OCC)ccc2c1CC[N+](Cc1c(F)cccc1Cl)=C2CCCCCC. The predicted molar refractivity (Wildman–Crippen MR) is 153 cm³/mol. The van der Waals surface area contributed by atoms with Crippen molar-refractivity contribution in [2.45, 2.75) is 104 Å². The van der Waals surface area contributed by atoms with Crippen LogP contribution in [0.2, 0.25) is 5.02 Å². The molecule has 37 heavy (non-hydrogen) atoms. The first-order valence-electron chi connectivity index (χ1n) is 14.6. The van der Waals surface area contributed by atoms with Gasteiger partial charge in [-0.3, -0.25) is 0 Å². The molecule has 1 aliphatic rings. The van der Waals surface area contributed by atoms with Crippen LogP contribution in [-0.4, -0.2) is 30.0 Å². The molecule has 0 atom stereocenters. The first-order chi connectivity index (χ1) is 18.1. The van der Waals surface area contributed by atoms with E-state index < -0.39 is 0 Å². The highest BCUT2D eigenvalue weighted by molar-refractivity contribution is 6.31.